The van der Waals surface area contributed by atoms with Crippen molar-refractivity contribution < 1.29 is 19.4 Å². The summed E-state index contributed by atoms with van der Waals surface area (Å²) >= 11 is 0. The van der Waals surface area contributed by atoms with E-state index in [4.69, 9.17) is 9.47 Å². The van der Waals surface area contributed by atoms with Gasteiger partial charge in [0.15, 0.2) is 0 Å². The Labute approximate surface area is 130 Å². The Kier molecular flexibility index (Phi) is 4.06. The summed E-state index contributed by atoms with van der Waals surface area (Å²) in [6.45, 7) is 0.851. The maximum atomic E-state index is 11.6. The molecule has 118 valence electrons. The quantitative estimate of drug-likeness (QED) is 0.869. The van der Waals surface area contributed by atoms with E-state index in [1.807, 2.05) is 24.3 Å². The number of ether oxygens (including phenoxy) is 2. The van der Waals surface area contributed by atoms with Gasteiger partial charge in [0.25, 0.3) is 0 Å². The first kappa shape index (κ1) is 15.3. The van der Waals surface area contributed by atoms with E-state index in [-0.39, 0.29) is 23.6 Å². The second-order valence-corrected chi connectivity index (χ2v) is 6.46. The number of esters is 1. The Hall–Kier alpha value is -1.65. The number of aliphatic hydroxyl groups excluding tert-OH is 1. The van der Waals surface area contributed by atoms with Crippen LogP contribution in [0.15, 0.2) is 30.3 Å². The molecule has 0 spiro atoms. The molecular formula is C18H22O4. The molecule has 3 aliphatic rings. The van der Waals surface area contributed by atoms with E-state index in [1.54, 1.807) is 6.07 Å². The summed E-state index contributed by atoms with van der Waals surface area (Å²) in [6, 6.07) is 7.38. The van der Waals surface area contributed by atoms with Crippen LogP contribution in [0.5, 0.6) is 0 Å². The molecule has 0 atom stereocenters. The van der Waals surface area contributed by atoms with Crippen molar-refractivity contribution in [3.8, 4) is 0 Å². The van der Waals surface area contributed by atoms with Crippen molar-refractivity contribution in [3.63, 3.8) is 0 Å². The van der Waals surface area contributed by atoms with Crippen molar-refractivity contribution in [2.45, 2.75) is 31.3 Å². The summed E-state index contributed by atoms with van der Waals surface area (Å²) < 4.78 is 10.8. The number of carbonyl (C=O) groups is 1. The molecule has 4 heteroatoms. The van der Waals surface area contributed by atoms with Gasteiger partial charge in [0.05, 0.1) is 31.5 Å². The fourth-order valence-corrected chi connectivity index (χ4v) is 3.34. The molecule has 1 saturated carbocycles. The molecule has 1 N–H and O–H groups in total. The van der Waals surface area contributed by atoms with Crippen molar-refractivity contribution in [2.24, 2.45) is 5.41 Å². The highest BCUT2D eigenvalue weighted by atomic mass is 16.5. The third-order valence-corrected chi connectivity index (χ3v) is 5.05. The molecule has 4 nitrogen and oxygen atoms in total. The van der Waals surface area contributed by atoms with E-state index in [9.17, 15) is 9.90 Å². The molecule has 1 aromatic rings. The van der Waals surface area contributed by atoms with E-state index in [1.165, 1.54) is 7.11 Å². The van der Waals surface area contributed by atoms with Crippen LogP contribution in [0, 0.1) is 5.41 Å². The molecule has 2 saturated heterocycles. The second-order valence-electron chi connectivity index (χ2n) is 6.46. The molecule has 2 bridgehead atoms. The summed E-state index contributed by atoms with van der Waals surface area (Å²) in [5.74, 6) is -0.326. The van der Waals surface area contributed by atoms with Crippen LogP contribution < -0.4 is 0 Å². The SMILES string of the molecule is COC(=O)c1cccc(C=CC23CCC(CO)(CC2)CO3)c1. The van der Waals surface area contributed by atoms with Gasteiger partial charge in [0.2, 0.25) is 0 Å². The fourth-order valence-electron chi connectivity index (χ4n) is 3.34. The molecule has 4 rings (SSSR count). The van der Waals surface area contributed by atoms with Gasteiger partial charge < -0.3 is 14.6 Å². The number of hydrogen-bond acceptors (Lipinski definition) is 4. The minimum absolute atomic E-state index is 0.0135. The van der Waals surface area contributed by atoms with Crippen LogP contribution in [0.3, 0.4) is 0 Å². The lowest BCUT2D eigenvalue weighted by Gasteiger charge is -2.51. The van der Waals surface area contributed by atoms with E-state index < -0.39 is 0 Å². The summed E-state index contributed by atoms with van der Waals surface area (Å²) in [6.07, 6.45) is 8.04. The number of rotatable bonds is 4. The van der Waals surface area contributed by atoms with Gasteiger partial charge in [-0.15, -0.1) is 0 Å². The molecule has 1 aromatic carbocycles. The van der Waals surface area contributed by atoms with Crippen molar-refractivity contribution >= 4 is 12.0 Å². The van der Waals surface area contributed by atoms with E-state index >= 15 is 0 Å². The molecule has 22 heavy (non-hydrogen) atoms. The fraction of sp³-hybridized carbons (Fsp3) is 0.500. The standard InChI is InChI=1S/C18H22O4/c1-21-16(20)15-4-2-3-14(11-15)5-6-18-9-7-17(12-19,8-10-18)13-22-18/h2-6,11,19H,7-10,12-13H2,1H3. The summed E-state index contributed by atoms with van der Waals surface area (Å²) in [5.41, 5.74) is 1.29. The van der Waals surface area contributed by atoms with Gasteiger partial charge in [-0.25, -0.2) is 4.79 Å². The molecule has 1 aliphatic carbocycles. The number of benzene rings is 1. The van der Waals surface area contributed by atoms with Gasteiger partial charge >= 0.3 is 5.97 Å². The highest BCUT2D eigenvalue weighted by Gasteiger charge is 2.48. The molecule has 0 amide bonds. The van der Waals surface area contributed by atoms with Crippen LogP contribution in [-0.4, -0.2) is 37.0 Å². The lowest BCUT2D eigenvalue weighted by atomic mass is 9.66. The zero-order valence-electron chi connectivity index (χ0n) is 12.9. The summed E-state index contributed by atoms with van der Waals surface area (Å²) in [7, 11) is 1.38. The lowest BCUT2D eigenvalue weighted by molar-refractivity contribution is -0.170. The Morgan fingerprint density at radius 3 is 2.73 bits per heavy atom. The van der Waals surface area contributed by atoms with Crippen molar-refractivity contribution in [1.29, 1.82) is 0 Å². The second kappa shape index (κ2) is 5.86. The largest absolute Gasteiger partial charge is 0.465 e. The number of methoxy groups -OCH3 is 1. The lowest BCUT2D eigenvalue weighted by Crippen LogP contribution is -2.51. The van der Waals surface area contributed by atoms with Gasteiger partial charge in [-0.1, -0.05) is 24.3 Å². The molecule has 2 aliphatic heterocycles. The van der Waals surface area contributed by atoms with Gasteiger partial charge in [0.1, 0.15) is 0 Å². The van der Waals surface area contributed by atoms with Crippen LogP contribution in [0.25, 0.3) is 6.08 Å². The first-order chi connectivity index (χ1) is 10.6. The zero-order chi connectivity index (χ0) is 15.6. The van der Waals surface area contributed by atoms with Crippen molar-refractivity contribution in [2.75, 3.05) is 20.3 Å². The molecule has 0 radical (unpaired) electrons. The average Bonchev–Trinajstić information content (AvgIpc) is 2.61. The number of carbonyl (C=O) groups excluding carboxylic acids is 1. The maximum absolute atomic E-state index is 11.6. The molecule has 0 aromatic heterocycles. The summed E-state index contributed by atoms with van der Waals surface area (Å²) in [5, 5.41) is 9.52. The highest BCUT2D eigenvalue weighted by Crippen LogP contribution is 2.49. The molecule has 3 fully saturated rings. The van der Waals surface area contributed by atoms with Gasteiger partial charge in [-0.3, -0.25) is 0 Å². The van der Waals surface area contributed by atoms with Crippen LogP contribution in [0.2, 0.25) is 0 Å². The van der Waals surface area contributed by atoms with E-state index in [0.29, 0.717) is 12.2 Å². The Bertz CT molecular complexity index is 566. The number of aliphatic hydroxyl groups is 1. The smallest absolute Gasteiger partial charge is 0.337 e. The predicted molar refractivity (Wildman–Crippen MR) is 83.5 cm³/mol. The average molecular weight is 302 g/mol. The van der Waals surface area contributed by atoms with Crippen LogP contribution in [0.4, 0.5) is 0 Å². The highest BCUT2D eigenvalue weighted by molar-refractivity contribution is 5.90. The molecule has 0 unspecified atom stereocenters. The number of hydrogen-bond donors (Lipinski definition) is 1. The predicted octanol–water partition coefficient (Wildman–Crippen LogP) is 2.81. The van der Waals surface area contributed by atoms with Crippen LogP contribution >= 0.6 is 0 Å². The van der Waals surface area contributed by atoms with Gasteiger partial charge in [-0.2, -0.15) is 0 Å². The van der Waals surface area contributed by atoms with E-state index in [2.05, 4.69) is 6.08 Å². The molecule has 2 heterocycles. The van der Waals surface area contributed by atoms with Crippen LogP contribution in [0.1, 0.15) is 41.6 Å². The topological polar surface area (TPSA) is 55.8 Å². The Balaban J connectivity index is 1.74. The minimum Gasteiger partial charge on any atom is -0.465 e. The van der Waals surface area contributed by atoms with Crippen LogP contribution in [-0.2, 0) is 9.47 Å². The Morgan fingerprint density at radius 2 is 2.14 bits per heavy atom. The maximum Gasteiger partial charge on any atom is 0.337 e. The normalized spacial score (nSPS) is 30.6. The molecular weight excluding hydrogens is 280 g/mol. The number of fused-ring (bicyclic) bond motifs is 3. The van der Waals surface area contributed by atoms with E-state index in [0.717, 1.165) is 31.2 Å². The van der Waals surface area contributed by atoms with Crippen molar-refractivity contribution in [1.82, 2.24) is 0 Å². The third-order valence-electron chi connectivity index (χ3n) is 5.05. The first-order valence-electron chi connectivity index (χ1n) is 7.73. The van der Waals surface area contributed by atoms with Gasteiger partial charge in [-0.05, 0) is 43.4 Å². The Morgan fingerprint density at radius 1 is 1.36 bits per heavy atom. The van der Waals surface area contributed by atoms with Gasteiger partial charge in [0, 0.05) is 5.41 Å². The zero-order valence-corrected chi connectivity index (χ0v) is 12.9. The summed E-state index contributed by atoms with van der Waals surface area (Å²) in [4.78, 5) is 11.6. The van der Waals surface area contributed by atoms with Crippen molar-refractivity contribution in [3.05, 3.63) is 41.5 Å². The monoisotopic (exact) mass is 302 g/mol. The minimum atomic E-state index is -0.326. The first-order valence-corrected chi connectivity index (χ1v) is 7.73. The third kappa shape index (κ3) is 2.81.